The van der Waals surface area contributed by atoms with Gasteiger partial charge in [0.15, 0.2) is 0 Å². The van der Waals surface area contributed by atoms with Gasteiger partial charge in [-0.15, -0.1) is 0 Å². The Kier molecular flexibility index (Phi) is 9.84. The Hall–Kier alpha value is -9.18. The van der Waals surface area contributed by atoms with E-state index in [2.05, 4.69) is 264 Å². The van der Waals surface area contributed by atoms with E-state index in [1.807, 2.05) is 12.1 Å². The molecule has 0 fully saturated rings. The van der Waals surface area contributed by atoms with Crippen LogP contribution in [0.2, 0.25) is 0 Å². The summed E-state index contributed by atoms with van der Waals surface area (Å²) in [5, 5.41) is 4.66. The van der Waals surface area contributed by atoms with Crippen molar-refractivity contribution in [3.63, 3.8) is 0 Å². The Labute approximate surface area is 401 Å². The van der Waals surface area contributed by atoms with Crippen LogP contribution in [-0.2, 0) is 0 Å². The highest BCUT2D eigenvalue weighted by Crippen LogP contribution is 2.48. The summed E-state index contributed by atoms with van der Waals surface area (Å²) in [5.74, 6) is 0. The van der Waals surface area contributed by atoms with E-state index >= 15 is 0 Å². The molecule has 13 rings (SSSR count). The van der Waals surface area contributed by atoms with E-state index in [0.717, 1.165) is 89.2 Å². The van der Waals surface area contributed by atoms with E-state index in [0.29, 0.717) is 0 Å². The van der Waals surface area contributed by atoms with Gasteiger partial charge in [0.2, 0.25) is 0 Å². The maximum Gasteiger partial charge on any atom is 0.135 e. The second kappa shape index (κ2) is 16.9. The van der Waals surface area contributed by atoms with Crippen molar-refractivity contribution in [3.8, 4) is 61.3 Å². The topological polar surface area (TPSA) is 21.3 Å². The highest BCUT2D eigenvalue weighted by Gasteiger charge is 2.24. The van der Waals surface area contributed by atoms with Gasteiger partial charge in [-0.3, -0.25) is 0 Å². The number of para-hydroxylation sites is 4. The minimum Gasteiger partial charge on any atom is -0.456 e. The molecule has 0 N–H and O–H groups in total. The molecule has 69 heavy (non-hydrogen) atoms. The number of furan rings is 1. The van der Waals surface area contributed by atoms with Crippen LogP contribution in [0.4, 0.5) is 17.1 Å². The molecule has 0 saturated carbocycles. The lowest BCUT2D eigenvalue weighted by Gasteiger charge is -2.30. The molecule has 0 aliphatic rings. The first-order chi connectivity index (χ1) is 34.2. The number of nitrogens with zero attached hydrogens (tertiary/aromatic N) is 2. The summed E-state index contributed by atoms with van der Waals surface area (Å²) in [5.41, 5.74) is 19.9. The van der Waals surface area contributed by atoms with Crippen molar-refractivity contribution in [2.24, 2.45) is 0 Å². The molecule has 0 radical (unpaired) electrons. The van der Waals surface area contributed by atoms with Crippen molar-refractivity contribution in [1.82, 2.24) is 4.57 Å². The van der Waals surface area contributed by atoms with E-state index < -0.39 is 0 Å². The molecular weight excluding hydrogens is 837 g/mol. The number of hydrogen-bond acceptors (Lipinski definition) is 2. The third-order valence-electron chi connectivity index (χ3n) is 13.6. The third-order valence-corrected chi connectivity index (χ3v) is 13.6. The number of benzene rings is 11. The molecule has 2 aromatic heterocycles. The summed E-state index contributed by atoms with van der Waals surface area (Å²) in [7, 11) is 0. The predicted molar refractivity (Wildman–Crippen MR) is 290 cm³/mol. The number of anilines is 3. The average molecular weight is 881 g/mol. The van der Waals surface area contributed by atoms with Gasteiger partial charge in [-0.2, -0.15) is 0 Å². The summed E-state index contributed by atoms with van der Waals surface area (Å²) in [6.45, 7) is 0. The molecule has 2 heterocycles. The Bertz CT molecular complexity index is 4020. The molecule has 0 bridgehead atoms. The molecular formula is C66H44N2O. The van der Waals surface area contributed by atoms with Crippen LogP contribution < -0.4 is 4.90 Å². The lowest BCUT2D eigenvalue weighted by molar-refractivity contribution is 0.669. The van der Waals surface area contributed by atoms with Gasteiger partial charge in [-0.25, -0.2) is 0 Å². The van der Waals surface area contributed by atoms with Crippen molar-refractivity contribution < 1.29 is 4.42 Å². The normalized spacial score (nSPS) is 11.5. The van der Waals surface area contributed by atoms with Crippen molar-refractivity contribution in [2.45, 2.75) is 0 Å². The summed E-state index contributed by atoms with van der Waals surface area (Å²) in [6, 6.07) is 96.4. The SMILES string of the molecule is c1ccc(-c2cccc(-c3c(-c4ccc5oc6ccccc6c5c4)cccc3N(c3cccc(-c4ccccc4)c3)c3cccc(-c4cccc5c6ccccc6n(-c6ccccc6)c45)c3)c2)cc1. The minimum atomic E-state index is 0.876. The van der Waals surface area contributed by atoms with Gasteiger partial charge < -0.3 is 13.9 Å². The third kappa shape index (κ3) is 7.08. The van der Waals surface area contributed by atoms with Gasteiger partial charge in [-0.1, -0.05) is 194 Å². The molecule has 11 aromatic carbocycles. The van der Waals surface area contributed by atoms with E-state index in [-0.39, 0.29) is 0 Å². The van der Waals surface area contributed by atoms with Crippen molar-refractivity contribution in [2.75, 3.05) is 4.90 Å². The fourth-order valence-corrected chi connectivity index (χ4v) is 10.4. The molecule has 3 heteroatoms. The first kappa shape index (κ1) is 40.1. The average Bonchev–Trinajstić information content (AvgIpc) is 3.98. The predicted octanol–water partition coefficient (Wildman–Crippen LogP) is 18.5. The maximum absolute atomic E-state index is 6.36. The van der Waals surface area contributed by atoms with E-state index in [1.54, 1.807) is 0 Å². The lowest BCUT2D eigenvalue weighted by Crippen LogP contribution is -2.12. The minimum absolute atomic E-state index is 0.876. The summed E-state index contributed by atoms with van der Waals surface area (Å²) in [6.07, 6.45) is 0. The molecule has 0 amide bonds. The zero-order chi connectivity index (χ0) is 45.7. The largest absolute Gasteiger partial charge is 0.456 e. The van der Waals surface area contributed by atoms with Crippen molar-refractivity contribution in [3.05, 3.63) is 267 Å². The number of fused-ring (bicyclic) bond motifs is 6. The lowest BCUT2D eigenvalue weighted by atomic mass is 9.89. The molecule has 0 aliphatic carbocycles. The fourth-order valence-electron chi connectivity index (χ4n) is 10.4. The van der Waals surface area contributed by atoms with Crippen LogP contribution in [-0.4, -0.2) is 4.57 Å². The van der Waals surface area contributed by atoms with Crippen LogP contribution in [0.1, 0.15) is 0 Å². The first-order valence-electron chi connectivity index (χ1n) is 23.6. The monoisotopic (exact) mass is 880 g/mol. The van der Waals surface area contributed by atoms with Crippen molar-refractivity contribution in [1.29, 1.82) is 0 Å². The standard InChI is InChI=1S/C66H44N2O/c1-4-19-45(20-5-1)47-23-14-26-51(41-47)65-55(50-39-40-64-60(44-50)58-32-11-13-38-63(58)69-64)33-18-37-62(65)67(53-29-15-24-48(42-53)46-21-6-2-7-22-46)54-30-16-25-49(43-54)56-34-17-35-59-57-31-10-12-36-61(57)68(66(56)59)52-27-8-3-9-28-52/h1-44H. The van der Waals surface area contributed by atoms with Crippen LogP contribution in [0.15, 0.2) is 271 Å². The molecule has 0 spiro atoms. The Morgan fingerprint density at radius 1 is 0.304 bits per heavy atom. The Morgan fingerprint density at radius 2 is 0.826 bits per heavy atom. The quantitative estimate of drug-likeness (QED) is 0.144. The zero-order valence-electron chi connectivity index (χ0n) is 37.7. The van der Waals surface area contributed by atoms with Gasteiger partial charge in [0.1, 0.15) is 11.2 Å². The van der Waals surface area contributed by atoms with Crippen LogP contribution in [0.25, 0.3) is 105 Å². The van der Waals surface area contributed by atoms with Crippen LogP contribution >= 0.6 is 0 Å². The van der Waals surface area contributed by atoms with Gasteiger partial charge in [0.25, 0.3) is 0 Å². The van der Waals surface area contributed by atoms with Crippen LogP contribution in [0.3, 0.4) is 0 Å². The van der Waals surface area contributed by atoms with Gasteiger partial charge in [0.05, 0.1) is 16.7 Å². The molecule has 0 aliphatic heterocycles. The van der Waals surface area contributed by atoms with E-state index in [1.165, 1.54) is 32.9 Å². The second-order valence-electron chi connectivity index (χ2n) is 17.6. The number of aromatic nitrogens is 1. The van der Waals surface area contributed by atoms with Gasteiger partial charge >= 0.3 is 0 Å². The molecule has 0 saturated heterocycles. The van der Waals surface area contributed by atoms with Gasteiger partial charge in [-0.05, 0) is 117 Å². The molecule has 0 unspecified atom stereocenters. The molecule has 13 aromatic rings. The fraction of sp³-hybridized carbons (Fsp3) is 0. The highest BCUT2D eigenvalue weighted by molar-refractivity contribution is 6.14. The number of rotatable bonds is 9. The highest BCUT2D eigenvalue weighted by atomic mass is 16.3. The molecule has 3 nitrogen and oxygen atoms in total. The smallest absolute Gasteiger partial charge is 0.135 e. The van der Waals surface area contributed by atoms with Crippen LogP contribution in [0, 0.1) is 0 Å². The molecule has 0 atom stereocenters. The summed E-state index contributed by atoms with van der Waals surface area (Å²) in [4.78, 5) is 2.46. The van der Waals surface area contributed by atoms with E-state index in [4.69, 9.17) is 4.42 Å². The first-order valence-corrected chi connectivity index (χ1v) is 23.6. The van der Waals surface area contributed by atoms with Crippen molar-refractivity contribution >= 4 is 60.8 Å². The maximum atomic E-state index is 6.36. The molecule has 324 valence electrons. The van der Waals surface area contributed by atoms with Gasteiger partial charge in [0, 0.05) is 49.7 Å². The second-order valence-corrected chi connectivity index (χ2v) is 17.6. The van der Waals surface area contributed by atoms with E-state index in [9.17, 15) is 0 Å². The summed E-state index contributed by atoms with van der Waals surface area (Å²) >= 11 is 0. The Morgan fingerprint density at radius 3 is 1.59 bits per heavy atom. The zero-order valence-corrected chi connectivity index (χ0v) is 37.7. The number of hydrogen-bond donors (Lipinski definition) is 0. The summed E-state index contributed by atoms with van der Waals surface area (Å²) < 4.78 is 8.79. The van der Waals surface area contributed by atoms with Crippen LogP contribution in [0.5, 0.6) is 0 Å². The Balaban J connectivity index is 1.08.